The van der Waals surface area contributed by atoms with Crippen LogP contribution in [0.1, 0.15) is 50.1 Å². The largest absolute Gasteiger partial charge is 0.451 e. The standard InChI is InChI=1S/C20H26N4O6/c1-3-4-5-6-14(11-24(29)12-25)19(27)22-23-20(28)18-10-15-9-16(21-13(2)26)7-8-17(15)30-18/h7-10,12,14,29H,3-6,11H2,1-2H3,(H,21,26)(H,22,27)(H,23,28)/t14-/m1/s1. The van der Waals surface area contributed by atoms with Crippen molar-refractivity contribution < 1.29 is 28.8 Å². The Morgan fingerprint density at radius 1 is 1.20 bits per heavy atom. The molecule has 0 aliphatic heterocycles. The van der Waals surface area contributed by atoms with Crippen molar-refractivity contribution in [3.05, 3.63) is 30.0 Å². The van der Waals surface area contributed by atoms with Gasteiger partial charge in [-0.15, -0.1) is 0 Å². The molecule has 1 aromatic heterocycles. The summed E-state index contributed by atoms with van der Waals surface area (Å²) in [7, 11) is 0. The van der Waals surface area contributed by atoms with Gasteiger partial charge in [-0.1, -0.05) is 26.2 Å². The number of furan rings is 1. The van der Waals surface area contributed by atoms with Gasteiger partial charge in [0, 0.05) is 18.0 Å². The molecule has 0 fully saturated rings. The second-order valence-corrected chi connectivity index (χ2v) is 6.91. The molecule has 0 unspecified atom stereocenters. The molecule has 1 aromatic carbocycles. The lowest BCUT2D eigenvalue weighted by Gasteiger charge is -2.19. The van der Waals surface area contributed by atoms with Gasteiger partial charge < -0.3 is 9.73 Å². The van der Waals surface area contributed by atoms with Crippen LogP contribution in [-0.2, 0) is 14.4 Å². The van der Waals surface area contributed by atoms with E-state index >= 15 is 0 Å². The number of hydrogen-bond donors (Lipinski definition) is 4. The Kier molecular flexibility index (Phi) is 8.36. The van der Waals surface area contributed by atoms with Crippen molar-refractivity contribution in [2.45, 2.75) is 39.5 Å². The number of amides is 4. The molecule has 0 saturated carbocycles. The number of nitrogens with zero attached hydrogens (tertiary/aromatic N) is 1. The van der Waals surface area contributed by atoms with Gasteiger partial charge in [-0.3, -0.25) is 35.2 Å². The molecular weight excluding hydrogens is 392 g/mol. The maximum atomic E-state index is 12.4. The maximum absolute atomic E-state index is 12.4. The molecule has 162 valence electrons. The SMILES string of the molecule is CCCCC[C@H](CN(O)C=O)C(=O)NNC(=O)c1cc2cc(NC(C)=O)ccc2o1. The Balaban J connectivity index is 2.00. The van der Waals surface area contributed by atoms with Gasteiger partial charge in [0.05, 0.1) is 12.5 Å². The van der Waals surface area contributed by atoms with E-state index in [4.69, 9.17) is 4.42 Å². The fourth-order valence-corrected chi connectivity index (χ4v) is 2.93. The average Bonchev–Trinajstić information content (AvgIpc) is 3.14. The topological polar surface area (TPSA) is 141 Å². The summed E-state index contributed by atoms with van der Waals surface area (Å²) in [5.41, 5.74) is 5.60. The lowest BCUT2D eigenvalue weighted by Crippen LogP contribution is -2.46. The molecule has 0 saturated heterocycles. The first-order chi connectivity index (χ1) is 14.3. The number of nitrogens with one attached hydrogen (secondary N) is 3. The highest BCUT2D eigenvalue weighted by Crippen LogP contribution is 2.23. The lowest BCUT2D eigenvalue weighted by atomic mass is 10.0. The van der Waals surface area contributed by atoms with Gasteiger partial charge in [0.25, 0.3) is 0 Å². The number of hydrogen-bond acceptors (Lipinski definition) is 6. The highest BCUT2D eigenvalue weighted by atomic mass is 16.5. The fourth-order valence-electron chi connectivity index (χ4n) is 2.93. The number of carbonyl (C=O) groups excluding carboxylic acids is 4. The minimum absolute atomic E-state index is 0.0236. The summed E-state index contributed by atoms with van der Waals surface area (Å²) in [6.07, 6.45) is 3.29. The molecule has 0 aliphatic rings. The predicted molar refractivity (Wildman–Crippen MR) is 108 cm³/mol. The van der Waals surface area contributed by atoms with Crippen LogP contribution in [0.3, 0.4) is 0 Å². The second-order valence-electron chi connectivity index (χ2n) is 6.91. The van der Waals surface area contributed by atoms with Gasteiger partial charge in [0.15, 0.2) is 5.76 Å². The van der Waals surface area contributed by atoms with Gasteiger partial charge in [-0.05, 0) is 30.7 Å². The van der Waals surface area contributed by atoms with E-state index < -0.39 is 17.7 Å². The third kappa shape index (κ3) is 6.59. The van der Waals surface area contributed by atoms with Crippen LogP contribution in [0, 0.1) is 5.92 Å². The van der Waals surface area contributed by atoms with Gasteiger partial charge in [-0.2, -0.15) is 0 Å². The van der Waals surface area contributed by atoms with Gasteiger partial charge in [0.2, 0.25) is 18.2 Å². The summed E-state index contributed by atoms with van der Waals surface area (Å²) in [5.74, 6) is -2.11. The van der Waals surface area contributed by atoms with E-state index in [0.717, 1.165) is 19.3 Å². The van der Waals surface area contributed by atoms with Crippen molar-refractivity contribution in [2.75, 3.05) is 11.9 Å². The van der Waals surface area contributed by atoms with E-state index in [1.807, 2.05) is 6.92 Å². The normalized spacial score (nSPS) is 11.6. The number of hydroxylamine groups is 2. The molecule has 2 aromatic rings. The molecular formula is C20H26N4O6. The van der Waals surface area contributed by atoms with Crippen LogP contribution in [0.2, 0.25) is 0 Å². The number of anilines is 1. The van der Waals surface area contributed by atoms with Crippen LogP contribution in [0.15, 0.2) is 28.7 Å². The molecule has 1 heterocycles. The van der Waals surface area contributed by atoms with Crippen LogP contribution in [0.25, 0.3) is 11.0 Å². The smallest absolute Gasteiger partial charge is 0.305 e. The van der Waals surface area contributed by atoms with E-state index in [0.29, 0.717) is 28.1 Å². The van der Waals surface area contributed by atoms with Crippen molar-refractivity contribution in [1.82, 2.24) is 15.9 Å². The zero-order valence-corrected chi connectivity index (χ0v) is 16.9. The molecule has 4 amide bonds. The quantitative estimate of drug-likeness (QED) is 0.202. The number of carbonyl (C=O) groups is 4. The Bertz CT molecular complexity index is 910. The molecule has 0 spiro atoms. The highest BCUT2D eigenvalue weighted by molar-refractivity contribution is 5.98. The second kappa shape index (κ2) is 11.0. The van der Waals surface area contributed by atoms with Crippen molar-refractivity contribution in [3.63, 3.8) is 0 Å². The third-order valence-corrected chi connectivity index (χ3v) is 4.42. The molecule has 0 bridgehead atoms. The number of hydrazine groups is 1. The summed E-state index contributed by atoms with van der Waals surface area (Å²) in [6.45, 7) is 3.23. The first-order valence-electron chi connectivity index (χ1n) is 9.66. The van der Waals surface area contributed by atoms with E-state index in [9.17, 15) is 24.4 Å². The zero-order chi connectivity index (χ0) is 22.1. The number of unbranched alkanes of at least 4 members (excludes halogenated alkanes) is 2. The molecule has 10 heteroatoms. The van der Waals surface area contributed by atoms with Crippen LogP contribution >= 0.6 is 0 Å². The molecule has 1 atom stereocenters. The average molecular weight is 418 g/mol. The summed E-state index contributed by atoms with van der Waals surface area (Å²) < 4.78 is 5.47. The van der Waals surface area contributed by atoms with Crippen LogP contribution in [0.4, 0.5) is 5.69 Å². The van der Waals surface area contributed by atoms with Crippen LogP contribution < -0.4 is 16.2 Å². The van der Waals surface area contributed by atoms with Crippen molar-refractivity contribution in [2.24, 2.45) is 5.92 Å². The summed E-state index contributed by atoms with van der Waals surface area (Å²) in [6, 6.07) is 6.41. The Morgan fingerprint density at radius 2 is 1.97 bits per heavy atom. The van der Waals surface area contributed by atoms with Crippen molar-refractivity contribution >= 4 is 40.8 Å². The molecule has 30 heavy (non-hydrogen) atoms. The van der Waals surface area contributed by atoms with Crippen LogP contribution in [0.5, 0.6) is 0 Å². The molecule has 10 nitrogen and oxygen atoms in total. The summed E-state index contributed by atoms with van der Waals surface area (Å²) in [5, 5.41) is 13.1. The summed E-state index contributed by atoms with van der Waals surface area (Å²) >= 11 is 0. The number of fused-ring (bicyclic) bond motifs is 1. The lowest BCUT2D eigenvalue weighted by molar-refractivity contribution is -0.154. The molecule has 4 N–H and O–H groups in total. The van der Waals surface area contributed by atoms with Crippen molar-refractivity contribution in [3.8, 4) is 0 Å². The monoisotopic (exact) mass is 418 g/mol. The maximum Gasteiger partial charge on any atom is 0.305 e. The first-order valence-corrected chi connectivity index (χ1v) is 9.66. The Morgan fingerprint density at radius 3 is 2.63 bits per heavy atom. The first kappa shape index (κ1) is 22.9. The van der Waals surface area contributed by atoms with E-state index in [-0.39, 0.29) is 24.6 Å². The molecule has 0 radical (unpaired) electrons. The van der Waals surface area contributed by atoms with Gasteiger partial charge in [0.1, 0.15) is 5.58 Å². The third-order valence-electron chi connectivity index (χ3n) is 4.42. The zero-order valence-electron chi connectivity index (χ0n) is 16.9. The highest BCUT2D eigenvalue weighted by Gasteiger charge is 2.22. The fraction of sp³-hybridized carbons (Fsp3) is 0.400. The Labute approximate surface area is 173 Å². The number of benzene rings is 1. The number of rotatable bonds is 10. The minimum Gasteiger partial charge on any atom is -0.451 e. The minimum atomic E-state index is -0.678. The van der Waals surface area contributed by atoms with E-state index in [1.165, 1.54) is 13.0 Å². The van der Waals surface area contributed by atoms with E-state index in [2.05, 4.69) is 16.2 Å². The van der Waals surface area contributed by atoms with Crippen molar-refractivity contribution in [1.29, 1.82) is 0 Å². The van der Waals surface area contributed by atoms with E-state index in [1.54, 1.807) is 18.2 Å². The molecule has 2 rings (SSSR count). The van der Waals surface area contributed by atoms with Gasteiger partial charge >= 0.3 is 5.91 Å². The van der Waals surface area contributed by atoms with Gasteiger partial charge in [-0.25, -0.2) is 5.06 Å². The summed E-state index contributed by atoms with van der Waals surface area (Å²) in [4.78, 5) is 46.5. The predicted octanol–water partition coefficient (Wildman–Crippen LogP) is 2.20. The molecule has 0 aliphatic carbocycles. The van der Waals surface area contributed by atoms with Crippen LogP contribution in [-0.4, -0.2) is 40.9 Å². The Hall–Kier alpha value is -3.40.